The van der Waals surface area contributed by atoms with Gasteiger partial charge in [-0.05, 0) is 17.5 Å². The van der Waals surface area contributed by atoms with Crippen LogP contribution < -0.4 is 0 Å². The predicted octanol–water partition coefficient (Wildman–Crippen LogP) is 2.53. The molecule has 0 aromatic heterocycles. The van der Waals surface area contributed by atoms with Gasteiger partial charge in [0, 0.05) is 9.86 Å². The van der Waals surface area contributed by atoms with E-state index in [0.29, 0.717) is 4.90 Å². The molecule has 0 heterocycles. The minimum absolute atomic E-state index is 0. The van der Waals surface area contributed by atoms with Crippen LogP contribution in [0.25, 0.3) is 10.8 Å². The molecule has 74 valence electrons. The molecule has 2 rings (SSSR count). The zero-order valence-electron chi connectivity index (χ0n) is 7.11. The molecule has 15 heavy (non-hydrogen) atoms. The van der Waals surface area contributed by atoms with Gasteiger partial charge >= 0.3 is 29.6 Å². The number of fused-ring (bicyclic) bond motifs is 1. The second-order valence-electron chi connectivity index (χ2n) is 2.84. The van der Waals surface area contributed by atoms with Gasteiger partial charge in [-0.2, -0.15) is 0 Å². The Kier molecular flexibility index (Phi) is 4.96. The summed E-state index contributed by atoms with van der Waals surface area (Å²) in [4.78, 5) is 0.448. The van der Waals surface area contributed by atoms with Crippen molar-refractivity contribution < 1.29 is 8.76 Å². The van der Waals surface area contributed by atoms with Gasteiger partial charge in [-0.1, -0.05) is 40.2 Å². The molecule has 2 nitrogen and oxygen atoms in total. The molecule has 1 N–H and O–H groups in total. The summed E-state index contributed by atoms with van der Waals surface area (Å²) in [5.41, 5.74) is 0. The molecule has 0 aliphatic heterocycles. The molecule has 0 bridgehead atoms. The van der Waals surface area contributed by atoms with Crippen molar-refractivity contribution in [2.24, 2.45) is 0 Å². The van der Waals surface area contributed by atoms with Crippen LogP contribution in [0.5, 0.6) is 0 Å². The summed E-state index contributed by atoms with van der Waals surface area (Å²) in [6.45, 7) is 0. The van der Waals surface area contributed by atoms with Crippen molar-refractivity contribution in [2.45, 2.75) is 4.90 Å². The second kappa shape index (κ2) is 5.57. The molecule has 0 aliphatic rings. The maximum atomic E-state index is 11.0. The van der Waals surface area contributed by atoms with Gasteiger partial charge in [-0.25, -0.2) is 4.21 Å². The Bertz CT molecular complexity index is 516. The number of hydrogen-bond acceptors (Lipinski definition) is 1. The first-order valence-electron chi connectivity index (χ1n) is 3.98. The van der Waals surface area contributed by atoms with Crippen molar-refractivity contribution in [1.29, 1.82) is 0 Å². The standard InChI is InChI=1S/C10H7BrO2S.Na.H/c11-9-5-1-4-8-7(9)3-2-6-10(8)14(12)13;;/h1-6H,(H,12,13);;. The van der Waals surface area contributed by atoms with Gasteiger partial charge in [0.25, 0.3) is 0 Å². The van der Waals surface area contributed by atoms with Crippen LogP contribution in [-0.4, -0.2) is 38.3 Å². The number of halogens is 1. The summed E-state index contributed by atoms with van der Waals surface area (Å²) in [6.07, 6.45) is 0. The molecule has 5 heteroatoms. The average Bonchev–Trinajstić information content (AvgIpc) is 2.17. The van der Waals surface area contributed by atoms with Crippen LogP contribution >= 0.6 is 15.9 Å². The first-order chi connectivity index (χ1) is 6.70. The molecule has 2 aromatic carbocycles. The van der Waals surface area contributed by atoms with E-state index in [1.54, 1.807) is 12.1 Å². The van der Waals surface area contributed by atoms with Gasteiger partial charge in [0.1, 0.15) is 0 Å². The van der Waals surface area contributed by atoms with Crippen LogP contribution in [0.15, 0.2) is 45.8 Å². The summed E-state index contributed by atoms with van der Waals surface area (Å²) < 4.78 is 21.0. The van der Waals surface area contributed by atoms with E-state index < -0.39 is 11.1 Å². The van der Waals surface area contributed by atoms with Crippen molar-refractivity contribution in [1.82, 2.24) is 0 Å². The SMILES string of the molecule is O=S(O)c1cccc2c(Br)cccc12.[NaH]. The Balaban J connectivity index is 0.00000112. The molecule has 0 spiro atoms. The van der Waals surface area contributed by atoms with E-state index in [0.717, 1.165) is 15.2 Å². The summed E-state index contributed by atoms with van der Waals surface area (Å²) in [5, 5.41) is 1.76. The molecule has 1 unspecified atom stereocenters. The van der Waals surface area contributed by atoms with E-state index in [1.165, 1.54) is 0 Å². The van der Waals surface area contributed by atoms with Gasteiger partial charge in [0.05, 0.1) is 4.90 Å². The van der Waals surface area contributed by atoms with E-state index in [4.69, 9.17) is 4.55 Å². The van der Waals surface area contributed by atoms with Crippen molar-refractivity contribution in [3.05, 3.63) is 40.9 Å². The van der Waals surface area contributed by atoms with Crippen molar-refractivity contribution >= 4 is 67.3 Å². The molecule has 0 saturated heterocycles. The van der Waals surface area contributed by atoms with E-state index in [-0.39, 0.29) is 29.6 Å². The van der Waals surface area contributed by atoms with Crippen molar-refractivity contribution in [3.8, 4) is 0 Å². The van der Waals surface area contributed by atoms with Crippen LogP contribution in [0, 0.1) is 0 Å². The Morgan fingerprint density at radius 1 is 1.07 bits per heavy atom. The Morgan fingerprint density at radius 2 is 1.67 bits per heavy atom. The number of benzene rings is 2. The zero-order valence-corrected chi connectivity index (χ0v) is 9.51. The average molecular weight is 295 g/mol. The first-order valence-corrected chi connectivity index (χ1v) is 5.88. The fraction of sp³-hybridized carbons (Fsp3) is 0. The summed E-state index contributed by atoms with van der Waals surface area (Å²) >= 11 is 1.47. The third kappa shape index (κ3) is 2.70. The quantitative estimate of drug-likeness (QED) is 0.648. The molecule has 0 amide bonds. The topological polar surface area (TPSA) is 37.3 Å². The Labute approximate surface area is 121 Å². The summed E-state index contributed by atoms with van der Waals surface area (Å²) in [5.74, 6) is 0. The Hall–Kier alpha value is 0.290. The molecular weight excluding hydrogens is 287 g/mol. The molecule has 1 atom stereocenters. The van der Waals surface area contributed by atoms with Crippen LogP contribution in [0.3, 0.4) is 0 Å². The van der Waals surface area contributed by atoms with E-state index in [1.807, 2.05) is 24.3 Å². The second-order valence-corrected chi connectivity index (χ2v) is 4.63. The monoisotopic (exact) mass is 294 g/mol. The zero-order chi connectivity index (χ0) is 10.1. The van der Waals surface area contributed by atoms with Gasteiger partial charge in [-0.3, -0.25) is 0 Å². The third-order valence-corrected chi connectivity index (χ3v) is 3.44. The van der Waals surface area contributed by atoms with Gasteiger partial charge in [-0.15, -0.1) is 0 Å². The fourth-order valence-electron chi connectivity index (χ4n) is 1.40. The fourth-order valence-corrected chi connectivity index (χ4v) is 2.45. The van der Waals surface area contributed by atoms with E-state index >= 15 is 0 Å². The van der Waals surface area contributed by atoms with Crippen LogP contribution in [0.4, 0.5) is 0 Å². The molecular formula is C10H8BrNaO2S. The van der Waals surface area contributed by atoms with E-state index in [9.17, 15) is 4.21 Å². The van der Waals surface area contributed by atoms with Gasteiger partial charge in [0.15, 0.2) is 11.1 Å². The number of hydrogen-bond donors (Lipinski definition) is 1. The molecule has 0 radical (unpaired) electrons. The summed E-state index contributed by atoms with van der Waals surface area (Å²) in [7, 11) is 0. The minimum atomic E-state index is -1.93. The van der Waals surface area contributed by atoms with Crippen molar-refractivity contribution in [3.63, 3.8) is 0 Å². The number of rotatable bonds is 1. The van der Waals surface area contributed by atoms with Crippen molar-refractivity contribution in [2.75, 3.05) is 0 Å². The van der Waals surface area contributed by atoms with Gasteiger partial charge < -0.3 is 4.55 Å². The third-order valence-electron chi connectivity index (χ3n) is 2.02. The van der Waals surface area contributed by atoms with E-state index in [2.05, 4.69) is 15.9 Å². The van der Waals surface area contributed by atoms with Gasteiger partial charge in [0.2, 0.25) is 0 Å². The van der Waals surface area contributed by atoms with Crippen LogP contribution in [-0.2, 0) is 11.1 Å². The first kappa shape index (κ1) is 13.4. The normalized spacial score (nSPS) is 12.1. The molecule has 0 saturated carbocycles. The molecule has 2 aromatic rings. The molecule has 0 fully saturated rings. The van der Waals surface area contributed by atoms with Crippen LogP contribution in [0.1, 0.15) is 0 Å². The molecule has 0 aliphatic carbocycles. The maximum absolute atomic E-state index is 11.0. The Morgan fingerprint density at radius 3 is 2.33 bits per heavy atom. The van der Waals surface area contributed by atoms with Crippen LogP contribution in [0.2, 0.25) is 0 Å². The predicted molar refractivity (Wildman–Crippen MR) is 67.8 cm³/mol. The summed E-state index contributed by atoms with van der Waals surface area (Å²) in [6, 6.07) is 10.9.